The lowest BCUT2D eigenvalue weighted by Gasteiger charge is -2.44. The highest BCUT2D eigenvalue weighted by molar-refractivity contribution is 6.00. The molecule has 4 heteroatoms. The van der Waals surface area contributed by atoms with Crippen LogP contribution in [0.3, 0.4) is 0 Å². The van der Waals surface area contributed by atoms with Crippen LogP contribution in [0.4, 0.5) is 0 Å². The summed E-state index contributed by atoms with van der Waals surface area (Å²) in [6, 6.07) is 0. The van der Waals surface area contributed by atoms with Gasteiger partial charge in [0.1, 0.15) is 0 Å². The summed E-state index contributed by atoms with van der Waals surface area (Å²) in [6.07, 6.45) is 8.89. The van der Waals surface area contributed by atoms with Crippen molar-refractivity contribution in [2.24, 2.45) is 5.92 Å². The molecule has 1 amide bonds. The van der Waals surface area contributed by atoms with Crippen LogP contribution in [0.25, 0.3) is 0 Å². The summed E-state index contributed by atoms with van der Waals surface area (Å²) in [5.41, 5.74) is 0.256. The van der Waals surface area contributed by atoms with E-state index in [-0.39, 0.29) is 17.6 Å². The first-order chi connectivity index (χ1) is 9.44. The standard InChI is InChI=1S/C16H21NO3/c1-12(2)5-4-6-13-11-20-16(17(3)15(13)19)9-7-14(18)8-10-16/h7-10,13H,1,4-6,11H2,2-3H3. The maximum atomic E-state index is 12.4. The summed E-state index contributed by atoms with van der Waals surface area (Å²) < 4.78 is 5.86. The van der Waals surface area contributed by atoms with Gasteiger partial charge in [0.15, 0.2) is 11.5 Å². The lowest BCUT2D eigenvalue weighted by molar-refractivity contribution is -0.176. The van der Waals surface area contributed by atoms with Gasteiger partial charge in [-0.15, -0.1) is 6.58 Å². The number of hydrogen-bond acceptors (Lipinski definition) is 3. The number of ketones is 1. The minimum Gasteiger partial charge on any atom is -0.347 e. The van der Waals surface area contributed by atoms with Crippen molar-refractivity contribution in [1.29, 1.82) is 0 Å². The molecule has 0 N–H and O–H groups in total. The average Bonchev–Trinajstić information content (AvgIpc) is 2.41. The second kappa shape index (κ2) is 5.75. The van der Waals surface area contributed by atoms with Crippen molar-refractivity contribution in [3.63, 3.8) is 0 Å². The maximum Gasteiger partial charge on any atom is 0.230 e. The predicted octanol–water partition coefficient (Wildman–Crippen LogP) is 2.23. The third-order valence-electron chi connectivity index (χ3n) is 3.85. The van der Waals surface area contributed by atoms with E-state index in [1.807, 2.05) is 6.92 Å². The van der Waals surface area contributed by atoms with Crippen LogP contribution < -0.4 is 0 Å². The molecule has 0 saturated carbocycles. The smallest absolute Gasteiger partial charge is 0.230 e. The molecule has 1 saturated heterocycles. The summed E-state index contributed by atoms with van der Waals surface area (Å²) in [7, 11) is 1.72. The van der Waals surface area contributed by atoms with Crippen LogP contribution in [-0.2, 0) is 14.3 Å². The van der Waals surface area contributed by atoms with E-state index in [0.29, 0.717) is 6.61 Å². The molecule has 0 aromatic heterocycles. The summed E-state index contributed by atoms with van der Waals surface area (Å²) in [4.78, 5) is 25.2. The number of allylic oxidation sites excluding steroid dienone is 3. The van der Waals surface area contributed by atoms with E-state index in [0.717, 1.165) is 24.8 Å². The first-order valence-electron chi connectivity index (χ1n) is 6.93. The maximum absolute atomic E-state index is 12.4. The van der Waals surface area contributed by atoms with E-state index in [1.165, 1.54) is 12.2 Å². The predicted molar refractivity (Wildman–Crippen MR) is 76.9 cm³/mol. The second-order valence-corrected chi connectivity index (χ2v) is 5.58. The quantitative estimate of drug-likeness (QED) is 0.739. The number of ether oxygens (including phenoxy) is 1. The van der Waals surface area contributed by atoms with E-state index in [9.17, 15) is 9.59 Å². The molecule has 1 atom stereocenters. The van der Waals surface area contributed by atoms with Crippen molar-refractivity contribution in [2.45, 2.75) is 31.9 Å². The molecule has 2 aliphatic rings. The van der Waals surface area contributed by atoms with E-state index < -0.39 is 5.72 Å². The fourth-order valence-electron chi connectivity index (χ4n) is 2.54. The van der Waals surface area contributed by atoms with Crippen molar-refractivity contribution >= 4 is 11.7 Å². The van der Waals surface area contributed by atoms with Crippen molar-refractivity contribution in [3.05, 3.63) is 36.5 Å². The van der Waals surface area contributed by atoms with Crippen molar-refractivity contribution in [3.8, 4) is 0 Å². The summed E-state index contributed by atoms with van der Waals surface area (Å²) >= 11 is 0. The molecule has 1 aliphatic heterocycles. The van der Waals surface area contributed by atoms with Crippen LogP contribution in [0.1, 0.15) is 26.2 Å². The monoisotopic (exact) mass is 275 g/mol. The van der Waals surface area contributed by atoms with Crippen molar-refractivity contribution in [1.82, 2.24) is 4.90 Å². The molecule has 1 spiro atoms. The highest BCUT2D eigenvalue weighted by atomic mass is 16.5. The lowest BCUT2D eigenvalue weighted by atomic mass is 9.94. The molecule has 20 heavy (non-hydrogen) atoms. The van der Waals surface area contributed by atoms with Crippen LogP contribution in [0.5, 0.6) is 0 Å². The lowest BCUT2D eigenvalue weighted by Crippen LogP contribution is -2.57. The zero-order valence-corrected chi connectivity index (χ0v) is 12.1. The SMILES string of the molecule is C=C(C)CCCC1COC2(C=CC(=O)C=C2)N(C)C1=O. The van der Waals surface area contributed by atoms with Gasteiger partial charge in [-0.05, 0) is 50.5 Å². The highest BCUT2D eigenvalue weighted by Gasteiger charge is 2.43. The van der Waals surface area contributed by atoms with Gasteiger partial charge in [0, 0.05) is 7.05 Å². The van der Waals surface area contributed by atoms with Crippen LogP contribution in [-0.4, -0.2) is 36.0 Å². The molecule has 1 heterocycles. The van der Waals surface area contributed by atoms with Gasteiger partial charge in [-0.25, -0.2) is 0 Å². The molecular weight excluding hydrogens is 254 g/mol. The van der Waals surface area contributed by atoms with Gasteiger partial charge in [-0.3, -0.25) is 9.59 Å². The molecule has 2 rings (SSSR count). The first kappa shape index (κ1) is 14.7. The molecular formula is C16H21NO3. The Morgan fingerprint density at radius 3 is 2.70 bits per heavy atom. The molecule has 1 unspecified atom stereocenters. The minimum absolute atomic E-state index is 0.0709. The van der Waals surface area contributed by atoms with Gasteiger partial charge < -0.3 is 9.64 Å². The third kappa shape index (κ3) is 2.90. The number of likely N-dealkylation sites (N-methyl/N-ethyl adjacent to an activating group) is 1. The Morgan fingerprint density at radius 1 is 1.45 bits per heavy atom. The molecule has 0 aromatic carbocycles. The van der Waals surface area contributed by atoms with Crippen LogP contribution in [0.15, 0.2) is 36.5 Å². The number of hydrogen-bond donors (Lipinski definition) is 0. The number of carbonyl (C=O) groups is 2. The molecule has 0 aromatic rings. The van der Waals surface area contributed by atoms with Crippen LogP contribution >= 0.6 is 0 Å². The first-order valence-corrected chi connectivity index (χ1v) is 6.93. The molecule has 0 bridgehead atoms. The fraction of sp³-hybridized carbons (Fsp3) is 0.500. The zero-order chi connectivity index (χ0) is 14.8. The summed E-state index contributed by atoms with van der Waals surface area (Å²) in [6.45, 7) is 6.26. The Kier molecular flexibility index (Phi) is 4.23. The average molecular weight is 275 g/mol. The number of amides is 1. The van der Waals surface area contributed by atoms with E-state index >= 15 is 0 Å². The zero-order valence-electron chi connectivity index (χ0n) is 12.1. The Morgan fingerprint density at radius 2 is 2.10 bits per heavy atom. The van der Waals surface area contributed by atoms with Gasteiger partial charge in [-0.2, -0.15) is 0 Å². The van der Waals surface area contributed by atoms with Gasteiger partial charge >= 0.3 is 0 Å². The third-order valence-corrected chi connectivity index (χ3v) is 3.85. The van der Waals surface area contributed by atoms with Gasteiger partial charge in [0.25, 0.3) is 0 Å². The van der Waals surface area contributed by atoms with Gasteiger partial charge in [0.05, 0.1) is 12.5 Å². The van der Waals surface area contributed by atoms with Crippen LogP contribution in [0.2, 0.25) is 0 Å². The number of rotatable bonds is 4. The fourth-order valence-corrected chi connectivity index (χ4v) is 2.54. The molecule has 4 nitrogen and oxygen atoms in total. The van der Waals surface area contributed by atoms with Gasteiger partial charge in [0.2, 0.25) is 5.91 Å². The summed E-state index contributed by atoms with van der Waals surface area (Å²) in [5.74, 6) is -0.116. The van der Waals surface area contributed by atoms with Crippen molar-refractivity contribution in [2.75, 3.05) is 13.7 Å². The topological polar surface area (TPSA) is 46.6 Å². The van der Waals surface area contributed by atoms with E-state index in [4.69, 9.17) is 4.74 Å². The van der Waals surface area contributed by atoms with Gasteiger partial charge in [-0.1, -0.05) is 5.57 Å². The Labute approximate surface area is 119 Å². The molecule has 108 valence electrons. The highest BCUT2D eigenvalue weighted by Crippen LogP contribution is 2.31. The largest absolute Gasteiger partial charge is 0.347 e. The molecule has 1 aliphatic carbocycles. The number of nitrogens with zero attached hydrogens (tertiary/aromatic N) is 1. The number of carbonyl (C=O) groups excluding carboxylic acids is 2. The van der Waals surface area contributed by atoms with E-state index in [1.54, 1.807) is 24.1 Å². The second-order valence-electron chi connectivity index (χ2n) is 5.58. The van der Waals surface area contributed by atoms with E-state index in [2.05, 4.69) is 6.58 Å². The molecule has 0 radical (unpaired) electrons. The summed E-state index contributed by atoms with van der Waals surface area (Å²) in [5, 5.41) is 0. The van der Waals surface area contributed by atoms with Crippen LogP contribution in [0, 0.1) is 5.92 Å². The Balaban J connectivity index is 2.00. The Hall–Kier alpha value is -1.68. The minimum atomic E-state index is -0.879. The molecule has 1 fully saturated rings. The Bertz CT molecular complexity index is 474. The normalized spacial score (nSPS) is 24.5. The van der Waals surface area contributed by atoms with Crippen molar-refractivity contribution < 1.29 is 14.3 Å².